The maximum absolute atomic E-state index is 12.0. The molecule has 3 N–H and O–H groups in total. The van der Waals surface area contributed by atoms with Gasteiger partial charge in [-0.3, -0.25) is 4.79 Å². The van der Waals surface area contributed by atoms with Crippen molar-refractivity contribution in [3.8, 4) is 0 Å². The Morgan fingerprint density at radius 3 is 2.48 bits per heavy atom. The SMILES string of the molecule is CCCC(CC(=O)O)NC(=O)NC(C)c1c(C)noc1C. The molecule has 0 aliphatic rings. The standard InChI is InChI=1S/C14H23N3O4/c1-5-6-11(7-12(18)19)16-14(20)15-8(2)13-9(3)17-21-10(13)4/h8,11H,5-7H2,1-4H3,(H,18,19)(H2,15,16,20). The molecule has 0 radical (unpaired) electrons. The summed E-state index contributed by atoms with van der Waals surface area (Å²) < 4.78 is 5.07. The molecular weight excluding hydrogens is 274 g/mol. The lowest BCUT2D eigenvalue weighted by Crippen LogP contribution is -2.43. The minimum absolute atomic E-state index is 0.0824. The molecule has 2 unspecified atom stereocenters. The Hall–Kier alpha value is -2.05. The summed E-state index contributed by atoms with van der Waals surface area (Å²) in [7, 11) is 0. The van der Waals surface area contributed by atoms with Crippen molar-refractivity contribution in [2.45, 2.75) is 59.0 Å². The van der Waals surface area contributed by atoms with E-state index in [4.69, 9.17) is 9.63 Å². The van der Waals surface area contributed by atoms with Gasteiger partial charge in [0, 0.05) is 11.6 Å². The van der Waals surface area contributed by atoms with Gasteiger partial charge in [-0.15, -0.1) is 0 Å². The second kappa shape index (κ2) is 7.66. The number of aryl methyl sites for hydroxylation is 2. The first-order valence-electron chi connectivity index (χ1n) is 7.06. The van der Waals surface area contributed by atoms with Crippen molar-refractivity contribution >= 4 is 12.0 Å². The van der Waals surface area contributed by atoms with E-state index in [1.165, 1.54) is 0 Å². The third-order valence-corrected chi connectivity index (χ3v) is 3.26. The molecule has 118 valence electrons. The van der Waals surface area contributed by atoms with Gasteiger partial charge in [0.2, 0.25) is 0 Å². The van der Waals surface area contributed by atoms with Crippen LogP contribution in [0.1, 0.15) is 56.2 Å². The lowest BCUT2D eigenvalue weighted by molar-refractivity contribution is -0.137. The summed E-state index contributed by atoms with van der Waals surface area (Å²) in [5.41, 5.74) is 1.58. The van der Waals surface area contributed by atoms with E-state index in [2.05, 4.69) is 15.8 Å². The molecular formula is C14H23N3O4. The summed E-state index contributed by atoms with van der Waals surface area (Å²) in [6, 6.07) is -1.02. The summed E-state index contributed by atoms with van der Waals surface area (Å²) in [6.07, 6.45) is 1.35. The molecule has 0 aromatic carbocycles. The molecule has 1 heterocycles. The number of rotatable bonds is 7. The van der Waals surface area contributed by atoms with E-state index >= 15 is 0 Å². The number of aromatic nitrogens is 1. The van der Waals surface area contributed by atoms with Gasteiger partial charge in [0.25, 0.3) is 0 Å². The van der Waals surface area contributed by atoms with Crippen LogP contribution in [0.25, 0.3) is 0 Å². The first-order valence-corrected chi connectivity index (χ1v) is 7.06. The van der Waals surface area contributed by atoms with Crippen LogP contribution in [-0.2, 0) is 4.79 Å². The topological polar surface area (TPSA) is 104 Å². The number of urea groups is 1. The third kappa shape index (κ3) is 5.09. The molecule has 0 fully saturated rings. The molecule has 1 aromatic rings. The molecule has 0 saturated carbocycles. The molecule has 0 saturated heterocycles. The van der Waals surface area contributed by atoms with Crippen LogP contribution in [-0.4, -0.2) is 28.3 Å². The van der Waals surface area contributed by atoms with Crippen molar-refractivity contribution in [1.29, 1.82) is 0 Å². The summed E-state index contributed by atoms with van der Waals surface area (Å²) in [6.45, 7) is 7.38. The van der Waals surface area contributed by atoms with Gasteiger partial charge in [0.1, 0.15) is 5.76 Å². The van der Waals surface area contributed by atoms with Crippen LogP contribution >= 0.6 is 0 Å². The van der Waals surface area contributed by atoms with E-state index in [0.717, 1.165) is 17.7 Å². The maximum Gasteiger partial charge on any atom is 0.315 e. The van der Waals surface area contributed by atoms with E-state index in [0.29, 0.717) is 12.2 Å². The van der Waals surface area contributed by atoms with Crippen molar-refractivity contribution < 1.29 is 19.2 Å². The van der Waals surface area contributed by atoms with E-state index in [1.807, 2.05) is 20.8 Å². The number of nitrogens with one attached hydrogen (secondary N) is 2. The molecule has 0 aliphatic carbocycles. The average molecular weight is 297 g/mol. The van der Waals surface area contributed by atoms with Crippen molar-refractivity contribution in [2.24, 2.45) is 0 Å². The quantitative estimate of drug-likeness (QED) is 0.716. The van der Waals surface area contributed by atoms with E-state index in [-0.39, 0.29) is 24.5 Å². The fraction of sp³-hybridized carbons (Fsp3) is 0.643. The highest BCUT2D eigenvalue weighted by Crippen LogP contribution is 2.20. The Morgan fingerprint density at radius 2 is 2.00 bits per heavy atom. The Bertz CT molecular complexity index is 479. The maximum atomic E-state index is 12.0. The second-order valence-electron chi connectivity index (χ2n) is 5.16. The van der Waals surface area contributed by atoms with E-state index < -0.39 is 5.97 Å². The smallest absolute Gasteiger partial charge is 0.315 e. The van der Waals surface area contributed by atoms with Gasteiger partial charge in [-0.25, -0.2) is 4.79 Å². The number of carbonyl (C=O) groups excluding carboxylic acids is 1. The first kappa shape index (κ1) is 17.0. The molecule has 1 aromatic heterocycles. The molecule has 21 heavy (non-hydrogen) atoms. The summed E-state index contributed by atoms with van der Waals surface area (Å²) >= 11 is 0. The van der Waals surface area contributed by atoms with Crippen LogP contribution < -0.4 is 10.6 Å². The number of hydrogen-bond acceptors (Lipinski definition) is 4. The number of carboxylic acids is 1. The number of carboxylic acid groups (broad SMARTS) is 1. The Balaban J connectivity index is 2.61. The molecule has 0 aliphatic heterocycles. The van der Waals surface area contributed by atoms with Gasteiger partial charge in [0.05, 0.1) is 18.2 Å². The Kier molecular flexibility index (Phi) is 6.20. The number of hydrogen-bond donors (Lipinski definition) is 3. The monoisotopic (exact) mass is 297 g/mol. The number of amides is 2. The highest BCUT2D eigenvalue weighted by molar-refractivity contribution is 5.76. The lowest BCUT2D eigenvalue weighted by atomic mass is 10.1. The fourth-order valence-corrected chi connectivity index (χ4v) is 2.39. The molecule has 1 rings (SSSR count). The molecule has 0 spiro atoms. The predicted octanol–water partition coefficient (Wildman–Crippen LogP) is 2.30. The largest absolute Gasteiger partial charge is 0.481 e. The van der Waals surface area contributed by atoms with Gasteiger partial charge in [0.15, 0.2) is 0 Å². The second-order valence-corrected chi connectivity index (χ2v) is 5.16. The van der Waals surface area contributed by atoms with Gasteiger partial charge in [-0.05, 0) is 27.2 Å². The number of aliphatic carboxylic acids is 1. The Morgan fingerprint density at radius 1 is 1.33 bits per heavy atom. The highest BCUT2D eigenvalue weighted by Gasteiger charge is 2.20. The van der Waals surface area contributed by atoms with Crippen molar-refractivity contribution in [1.82, 2.24) is 15.8 Å². The zero-order valence-electron chi connectivity index (χ0n) is 12.9. The van der Waals surface area contributed by atoms with E-state index in [1.54, 1.807) is 6.92 Å². The molecule has 2 amide bonds. The van der Waals surface area contributed by atoms with E-state index in [9.17, 15) is 9.59 Å². The average Bonchev–Trinajstić information content (AvgIpc) is 2.68. The predicted molar refractivity (Wildman–Crippen MR) is 77.0 cm³/mol. The highest BCUT2D eigenvalue weighted by atomic mass is 16.5. The van der Waals surface area contributed by atoms with Crippen LogP contribution in [0.15, 0.2) is 4.52 Å². The summed E-state index contributed by atoms with van der Waals surface area (Å²) in [4.78, 5) is 22.7. The Labute approximate surface area is 124 Å². The normalized spacial score (nSPS) is 13.5. The minimum Gasteiger partial charge on any atom is -0.481 e. The van der Waals surface area contributed by atoms with Gasteiger partial charge >= 0.3 is 12.0 Å². The van der Waals surface area contributed by atoms with Gasteiger partial charge in [-0.1, -0.05) is 18.5 Å². The van der Waals surface area contributed by atoms with Crippen LogP contribution in [0.2, 0.25) is 0 Å². The van der Waals surface area contributed by atoms with Crippen molar-refractivity contribution in [3.63, 3.8) is 0 Å². The fourth-order valence-electron chi connectivity index (χ4n) is 2.39. The van der Waals surface area contributed by atoms with Crippen LogP contribution in [0.4, 0.5) is 4.79 Å². The van der Waals surface area contributed by atoms with Gasteiger partial charge in [-0.2, -0.15) is 0 Å². The third-order valence-electron chi connectivity index (χ3n) is 3.26. The van der Waals surface area contributed by atoms with Crippen LogP contribution in [0.5, 0.6) is 0 Å². The lowest BCUT2D eigenvalue weighted by Gasteiger charge is -2.19. The molecule has 0 bridgehead atoms. The molecule has 7 heteroatoms. The first-order chi connectivity index (χ1) is 9.85. The molecule has 2 atom stereocenters. The zero-order chi connectivity index (χ0) is 16.0. The number of carbonyl (C=O) groups is 2. The summed E-state index contributed by atoms with van der Waals surface area (Å²) in [5, 5.41) is 18.2. The number of nitrogens with zero attached hydrogens (tertiary/aromatic N) is 1. The van der Waals surface area contributed by atoms with Crippen molar-refractivity contribution in [2.75, 3.05) is 0 Å². The van der Waals surface area contributed by atoms with Crippen LogP contribution in [0, 0.1) is 13.8 Å². The van der Waals surface area contributed by atoms with Crippen LogP contribution in [0.3, 0.4) is 0 Å². The molecule has 7 nitrogen and oxygen atoms in total. The zero-order valence-corrected chi connectivity index (χ0v) is 12.9. The van der Waals surface area contributed by atoms with Crippen molar-refractivity contribution in [3.05, 3.63) is 17.0 Å². The summed E-state index contributed by atoms with van der Waals surface area (Å²) in [5.74, 6) is -0.261. The van der Waals surface area contributed by atoms with Gasteiger partial charge < -0.3 is 20.3 Å². The minimum atomic E-state index is -0.924.